The molecule has 1 aromatic rings. The first-order valence-electron chi connectivity index (χ1n) is 6.59. The third-order valence-electron chi connectivity index (χ3n) is 3.81. The maximum Gasteiger partial charge on any atom is 0.324 e. The van der Waals surface area contributed by atoms with E-state index in [0.29, 0.717) is 12.6 Å². The minimum Gasteiger partial charge on any atom is -0.323 e. The highest BCUT2D eigenvalue weighted by Gasteiger charge is 2.30. The summed E-state index contributed by atoms with van der Waals surface area (Å²) in [5.41, 5.74) is 2.31. The number of fused-ring (bicyclic) bond motifs is 1. The lowest BCUT2D eigenvalue weighted by molar-refractivity contribution is 0.209. The van der Waals surface area contributed by atoms with Crippen LogP contribution in [0.5, 0.6) is 0 Å². The average Bonchev–Trinajstić information content (AvgIpc) is 2.88. The number of carbonyl (C=O) groups is 1. The fourth-order valence-electron chi connectivity index (χ4n) is 2.85. The SMILES string of the molecule is CN1Cc2ccccc2N(CC2CCCN2)C1=O. The maximum atomic E-state index is 12.3. The number of nitrogens with zero attached hydrogens (tertiary/aromatic N) is 2. The molecule has 18 heavy (non-hydrogen) atoms. The molecular weight excluding hydrogens is 226 g/mol. The molecule has 1 saturated heterocycles. The van der Waals surface area contributed by atoms with Crippen molar-refractivity contribution in [1.29, 1.82) is 0 Å². The topological polar surface area (TPSA) is 35.6 Å². The number of hydrogen-bond acceptors (Lipinski definition) is 2. The number of urea groups is 1. The number of amides is 2. The van der Waals surface area contributed by atoms with Gasteiger partial charge < -0.3 is 10.2 Å². The van der Waals surface area contributed by atoms with Gasteiger partial charge in [-0.15, -0.1) is 0 Å². The van der Waals surface area contributed by atoms with E-state index in [1.54, 1.807) is 4.90 Å². The van der Waals surface area contributed by atoms with Crippen molar-refractivity contribution in [1.82, 2.24) is 10.2 Å². The molecule has 2 aliphatic rings. The number of nitrogens with one attached hydrogen (secondary N) is 1. The molecule has 0 spiro atoms. The van der Waals surface area contributed by atoms with Gasteiger partial charge in [-0.25, -0.2) is 4.79 Å². The van der Waals surface area contributed by atoms with Crippen LogP contribution in [0.25, 0.3) is 0 Å². The van der Waals surface area contributed by atoms with Crippen LogP contribution in [-0.2, 0) is 6.54 Å². The summed E-state index contributed by atoms with van der Waals surface area (Å²) in [6.45, 7) is 2.56. The Morgan fingerprint density at radius 1 is 1.39 bits per heavy atom. The average molecular weight is 245 g/mol. The smallest absolute Gasteiger partial charge is 0.323 e. The second-order valence-corrected chi connectivity index (χ2v) is 5.17. The van der Waals surface area contributed by atoms with Gasteiger partial charge in [0.1, 0.15) is 0 Å². The quantitative estimate of drug-likeness (QED) is 0.862. The number of para-hydroxylation sites is 1. The second kappa shape index (κ2) is 4.61. The monoisotopic (exact) mass is 245 g/mol. The van der Waals surface area contributed by atoms with Gasteiger partial charge in [0.25, 0.3) is 0 Å². The molecule has 4 nitrogen and oxygen atoms in total. The van der Waals surface area contributed by atoms with Crippen LogP contribution in [-0.4, -0.2) is 37.1 Å². The lowest BCUT2D eigenvalue weighted by atomic mass is 10.1. The van der Waals surface area contributed by atoms with Crippen molar-refractivity contribution in [2.24, 2.45) is 0 Å². The Morgan fingerprint density at radius 2 is 2.22 bits per heavy atom. The van der Waals surface area contributed by atoms with Crippen molar-refractivity contribution < 1.29 is 4.79 Å². The van der Waals surface area contributed by atoms with Gasteiger partial charge in [0.2, 0.25) is 0 Å². The molecule has 4 heteroatoms. The van der Waals surface area contributed by atoms with Gasteiger partial charge in [-0.2, -0.15) is 0 Å². The number of benzene rings is 1. The molecule has 1 aromatic carbocycles. The van der Waals surface area contributed by atoms with Crippen molar-refractivity contribution in [2.45, 2.75) is 25.4 Å². The fraction of sp³-hybridized carbons (Fsp3) is 0.500. The van der Waals surface area contributed by atoms with E-state index in [1.807, 2.05) is 24.1 Å². The van der Waals surface area contributed by atoms with Gasteiger partial charge in [0, 0.05) is 26.2 Å². The predicted octanol–water partition coefficient (Wildman–Crippen LogP) is 1.81. The van der Waals surface area contributed by atoms with Crippen LogP contribution in [0.15, 0.2) is 24.3 Å². The molecule has 2 amide bonds. The largest absolute Gasteiger partial charge is 0.324 e. The zero-order valence-electron chi connectivity index (χ0n) is 10.7. The second-order valence-electron chi connectivity index (χ2n) is 5.17. The summed E-state index contributed by atoms with van der Waals surface area (Å²) >= 11 is 0. The van der Waals surface area contributed by atoms with Gasteiger partial charge in [0.15, 0.2) is 0 Å². The van der Waals surface area contributed by atoms with Gasteiger partial charge >= 0.3 is 6.03 Å². The summed E-state index contributed by atoms with van der Waals surface area (Å²) in [5, 5.41) is 3.46. The Balaban J connectivity index is 1.88. The Bertz CT molecular complexity index is 454. The molecule has 96 valence electrons. The van der Waals surface area contributed by atoms with Crippen LogP contribution in [0.2, 0.25) is 0 Å². The van der Waals surface area contributed by atoms with E-state index < -0.39 is 0 Å². The molecule has 2 heterocycles. The highest BCUT2D eigenvalue weighted by molar-refractivity contribution is 5.94. The minimum absolute atomic E-state index is 0.113. The van der Waals surface area contributed by atoms with E-state index in [0.717, 1.165) is 25.2 Å². The summed E-state index contributed by atoms with van der Waals surface area (Å²) < 4.78 is 0. The summed E-state index contributed by atoms with van der Waals surface area (Å²) in [6, 6.07) is 8.75. The first-order chi connectivity index (χ1) is 8.75. The molecule has 0 aliphatic carbocycles. The van der Waals surface area contributed by atoms with Crippen LogP contribution in [0.3, 0.4) is 0 Å². The van der Waals surface area contributed by atoms with Crippen LogP contribution in [0, 0.1) is 0 Å². The summed E-state index contributed by atoms with van der Waals surface area (Å²) in [6.07, 6.45) is 2.37. The standard InChI is InChI=1S/C14H19N3O/c1-16-9-11-5-2-3-7-13(11)17(14(16)18)10-12-6-4-8-15-12/h2-3,5,7,12,15H,4,6,8-10H2,1H3. The van der Waals surface area contributed by atoms with Gasteiger partial charge in [0.05, 0.1) is 5.69 Å². The summed E-state index contributed by atoms with van der Waals surface area (Å²) in [4.78, 5) is 16.0. The fourth-order valence-corrected chi connectivity index (χ4v) is 2.85. The van der Waals surface area contributed by atoms with E-state index in [4.69, 9.17) is 0 Å². The zero-order valence-corrected chi connectivity index (χ0v) is 10.7. The lowest BCUT2D eigenvalue weighted by Crippen LogP contribution is -2.49. The molecule has 0 radical (unpaired) electrons. The Morgan fingerprint density at radius 3 is 3.00 bits per heavy atom. The van der Waals surface area contributed by atoms with E-state index in [9.17, 15) is 4.79 Å². The van der Waals surface area contributed by atoms with Gasteiger partial charge in [-0.05, 0) is 31.0 Å². The Kier molecular flexibility index (Phi) is 2.96. The molecule has 0 bridgehead atoms. The Labute approximate surface area is 108 Å². The van der Waals surface area contributed by atoms with E-state index in [-0.39, 0.29) is 6.03 Å². The Hall–Kier alpha value is -1.55. The molecular formula is C14H19N3O. The molecule has 0 saturated carbocycles. The van der Waals surface area contributed by atoms with Crippen LogP contribution < -0.4 is 10.2 Å². The van der Waals surface area contributed by atoms with Crippen LogP contribution in [0.4, 0.5) is 10.5 Å². The molecule has 0 aromatic heterocycles. The predicted molar refractivity (Wildman–Crippen MR) is 71.7 cm³/mol. The van der Waals surface area contributed by atoms with Crippen LogP contribution >= 0.6 is 0 Å². The van der Waals surface area contributed by atoms with Crippen molar-refractivity contribution in [2.75, 3.05) is 25.0 Å². The highest BCUT2D eigenvalue weighted by atomic mass is 16.2. The summed E-state index contributed by atoms with van der Waals surface area (Å²) in [5.74, 6) is 0. The molecule has 1 fully saturated rings. The number of rotatable bonds is 2. The van der Waals surface area contributed by atoms with E-state index >= 15 is 0 Å². The molecule has 1 N–H and O–H groups in total. The van der Waals surface area contributed by atoms with Crippen molar-refractivity contribution in [3.05, 3.63) is 29.8 Å². The highest BCUT2D eigenvalue weighted by Crippen LogP contribution is 2.28. The molecule has 1 atom stereocenters. The summed E-state index contributed by atoms with van der Waals surface area (Å²) in [7, 11) is 1.87. The van der Waals surface area contributed by atoms with Crippen molar-refractivity contribution >= 4 is 11.7 Å². The molecule has 1 unspecified atom stereocenters. The lowest BCUT2D eigenvalue weighted by Gasteiger charge is -2.36. The normalized spacial score (nSPS) is 23.4. The number of anilines is 1. The minimum atomic E-state index is 0.113. The van der Waals surface area contributed by atoms with Crippen molar-refractivity contribution in [3.8, 4) is 0 Å². The van der Waals surface area contributed by atoms with Gasteiger partial charge in [-0.1, -0.05) is 18.2 Å². The zero-order chi connectivity index (χ0) is 12.5. The van der Waals surface area contributed by atoms with E-state index in [2.05, 4.69) is 17.4 Å². The molecule has 2 aliphatic heterocycles. The molecule has 3 rings (SSSR count). The number of carbonyl (C=O) groups excluding carboxylic acids is 1. The maximum absolute atomic E-state index is 12.3. The number of hydrogen-bond donors (Lipinski definition) is 1. The van der Waals surface area contributed by atoms with Crippen molar-refractivity contribution in [3.63, 3.8) is 0 Å². The third kappa shape index (κ3) is 1.97. The van der Waals surface area contributed by atoms with Gasteiger partial charge in [-0.3, -0.25) is 4.90 Å². The first kappa shape index (κ1) is 11.5. The first-order valence-corrected chi connectivity index (χ1v) is 6.59. The third-order valence-corrected chi connectivity index (χ3v) is 3.81. The van der Waals surface area contributed by atoms with Crippen LogP contribution in [0.1, 0.15) is 18.4 Å². The van der Waals surface area contributed by atoms with E-state index in [1.165, 1.54) is 12.0 Å².